The van der Waals surface area contributed by atoms with Crippen LogP contribution in [0, 0.1) is 0 Å². The van der Waals surface area contributed by atoms with Crippen molar-refractivity contribution in [3.8, 4) is 0 Å². The summed E-state index contributed by atoms with van der Waals surface area (Å²) in [6, 6.07) is 28.2. The highest BCUT2D eigenvalue weighted by molar-refractivity contribution is 7.88. The molecule has 0 aliphatic carbocycles. The van der Waals surface area contributed by atoms with E-state index in [1.165, 1.54) is 6.08 Å². The lowest BCUT2D eigenvalue weighted by molar-refractivity contribution is -0.146. The van der Waals surface area contributed by atoms with Gasteiger partial charge in [0.15, 0.2) is 0 Å². The van der Waals surface area contributed by atoms with Gasteiger partial charge in [0.25, 0.3) is 0 Å². The summed E-state index contributed by atoms with van der Waals surface area (Å²) in [5, 5.41) is 2.74. The van der Waals surface area contributed by atoms with Gasteiger partial charge in [0.1, 0.15) is 17.0 Å². The van der Waals surface area contributed by atoms with E-state index in [9.17, 15) is 9.59 Å². The second-order valence-corrected chi connectivity index (χ2v) is 12.0. The molecule has 0 saturated heterocycles. The Balaban J connectivity index is 2.41. The Kier molecular flexibility index (Phi) is 9.86. The molecule has 0 spiro atoms. The van der Waals surface area contributed by atoms with Crippen LogP contribution in [0.15, 0.2) is 104 Å². The average molecular weight is 548 g/mol. The molecule has 206 valence electrons. The highest BCUT2D eigenvalue weighted by Gasteiger charge is 2.58. The first-order valence-electron chi connectivity index (χ1n) is 13.0. The van der Waals surface area contributed by atoms with E-state index in [4.69, 9.17) is 9.47 Å². The molecule has 3 aromatic rings. The number of rotatable bonds is 11. The molecular formula is C32H37NO5S. The van der Waals surface area contributed by atoms with Gasteiger partial charge in [-0.15, -0.1) is 0 Å². The van der Waals surface area contributed by atoms with E-state index in [0.29, 0.717) is 23.1 Å². The Morgan fingerprint density at radius 3 is 1.64 bits per heavy atom. The molecule has 2 unspecified atom stereocenters. The molecule has 0 aliphatic rings. The Morgan fingerprint density at radius 2 is 1.28 bits per heavy atom. The van der Waals surface area contributed by atoms with Crippen LogP contribution >= 0.6 is 0 Å². The Morgan fingerprint density at radius 1 is 0.846 bits per heavy atom. The van der Waals surface area contributed by atoms with Gasteiger partial charge in [0.05, 0.1) is 10.8 Å². The van der Waals surface area contributed by atoms with Gasteiger partial charge in [-0.1, -0.05) is 117 Å². The number of esters is 1. The smallest absolute Gasteiger partial charge is 0.409 e. The minimum Gasteiger partial charge on any atom is -0.459 e. The Bertz CT molecular complexity index is 1180. The lowest BCUT2D eigenvalue weighted by Crippen LogP contribution is -2.63. The van der Waals surface area contributed by atoms with Crippen molar-refractivity contribution < 1.29 is 23.3 Å². The van der Waals surface area contributed by atoms with Gasteiger partial charge in [-0.05, 0) is 43.9 Å². The van der Waals surface area contributed by atoms with E-state index >= 15 is 4.21 Å². The maximum Gasteiger partial charge on any atom is 0.409 e. The molecule has 3 aromatic carbocycles. The van der Waals surface area contributed by atoms with Gasteiger partial charge in [0, 0.05) is 0 Å². The average Bonchev–Trinajstić information content (AvgIpc) is 2.92. The summed E-state index contributed by atoms with van der Waals surface area (Å²) in [6.07, 6.45) is 1.05. The number of alkyl carbamates (subject to hydrolysis) is 1. The zero-order valence-corrected chi connectivity index (χ0v) is 23.8. The first-order valence-corrected chi connectivity index (χ1v) is 14.1. The third-order valence-electron chi connectivity index (χ3n) is 6.10. The fourth-order valence-corrected chi connectivity index (χ4v) is 6.95. The number of hydrogen-bond donors (Lipinski definition) is 1. The minimum absolute atomic E-state index is 0.0447. The molecule has 0 radical (unpaired) electrons. The summed E-state index contributed by atoms with van der Waals surface area (Å²) < 4.78 is 25.2. The molecule has 39 heavy (non-hydrogen) atoms. The van der Waals surface area contributed by atoms with E-state index in [2.05, 4.69) is 11.9 Å². The lowest BCUT2D eigenvalue weighted by Gasteiger charge is -2.42. The number of carbonyl (C=O) groups is 2. The summed E-state index contributed by atoms with van der Waals surface area (Å²) >= 11 is 0. The van der Waals surface area contributed by atoms with E-state index < -0.39 is 38.1 Å². The molecule has 7 heteroatoms. The first-order chi connectivity index (χ1) is 18.6. The molecule has 2 atom stereocenters. The number of hydrogen-bond acceptors (Lipinski definition) is 5. The van der Waals surface area contributed by atoms with Crippen LogP contribution in [0.3, 0.4) is 0 Å². The molecule has 0 bridgehead atoms. The minimum atomic E-state index is -2.17. The topological polar surface area (TPSA) is 81.7 Å². The van der Waals surface area contributed by atoms with Crippen molar-refractivity contribution in [2.75, 3.05) is 6.61 Å². The molecule has 6 nitrogen and oxygen atoms in total. The number of amides is 1. The van der Waals surface area contributed by atoms with Crippen LogP contribution in [-0.2, 0) is 29.8 Å². The predicted octanol–water partition coefficient (Wildman–Crippen LogP) is 6.48. The van der Waals surface area contributed by atoms with Gasteiger partial charge in [0.2, 0.25) is 4.87 Å². The lowest BCUT2D eigenvalue weighted by atomic mass is 9.84. The van der Waals surface area contributed by atoms with Crippen LogP contribution in [0.5, 0.6) is 0 Å². The number of ether oxygens (including phenoxy) is 2. The van der Waals surface area contributed by atoms with E-state index in [1.807, 2.05) is 97.9 Å². The SMILES string of the molecule is C=CCOC(=O)C(CCC)(NC(=O)OC(C)(C)C)S(=O)C(c1ccccc1)(c1ccccc1)c1ccccc1. The van der Waals surface area contributed by atoms with Gasteiger partial charge in [-0.2, -0.15) is 0 Å². The van der Waals surface area contributed by atoms with Crippen molar-refractivity contribution in [2.45, 2.75) is 55.8 Å². The maximum atomic E-state index is 15.5. The van der Waals surface area contributed by atoms with Crippen molar-refractivity contribution in [2.24, 2.45) is 0 Å². The summed E-state index contributed by atoms with van der Waals surface area (Å²) in [5.74, 6) is -0.819. The summed E-state index contributed by atoms with van der Waals surface area (Å²) in [4.78, 5) is 25.3. The van der Waals surface area contributed by atoms with Crippen molar-refractivity contribution in [3.05, 3.63) is 120 Å². The zero-order chi connectivity index (χ0) is 28.5. The third kappa shape index (κ3) is 6.48. The maximum absolute atomic E-state index is 15.5. The molecule has 1 N–H and O–H groups in total. The summed E-state index contributed by atoms with van der Waals surface area (Å²) in [5.41, 5.74) is 1.25. The predicted molar refractivity (Wildman–Crippen MR) is 156 cm³/mol. The van der Waals surface area contributed by atoms with E-state index in [-0.39, 0.29) is 13.0 Å². The summed E-state index contributed by atoms with van der Waals surface area (Å²) in [7, 11) is -2.17. The number of benzene rings is 3. The molecule has 3 rings (SSSR count). The van der Waals surface area contributed by atoms with Crippen LogP contribution in [0.2, 0.25) is 0 Å². The molecule has 0 aliphatic heterocycles. The third-order valence-corrected chi connectivity index (χ3v) is 8.47. The van der Waals surface area contributed by atoms with Crippen LogP contribution in [-0.4, -0.2) is 33.4 Å². The standard InChI is InChI=1S/C32H37NO5S/c1-6-23-31(28(34)37-24-7-2,33-29(35)38-30(3,4)5)39(36)32(25-17-11-8-12-18-25,26-19-13-9-14-20-26)27-21-15-10-16-22-27/h7-22H,2,6,23-24H2,1,3-5H3,(H,33,35). The molecule has 0 aromatic heterocycles. The molecule has 0 saturated carbocycles. The van der Waals surface area contributed by atoms with Gasteiger partial charge in [-0.25, -0.2) is 9.59 Å². The largest absolute Gasteiger partial charge is 0.459 e. The van der Waals surface area contributed by atoms with Crippen LogP contribution in [0.25, 0.3) is 0 Å². The number of carbonyl (C=O) groups excluding carboxylic acids is 2. The van der Waals surface area contributed by atoms with Crippen molar-refractivity contribution in [1.29, 1.82) is 0 Å². The highest BCUT2D eigenvalue weighted by atomic mass is 32.2. The van der Waals surface area contributed by atoms with E-state index in [0.717, 1.165) is 0 Å². The number of nitrogens with one attached hydrogen (secondary N) is 1. The van der Waals surface area contributed by atoms with Crippen molar-refractivity contribution in [1.82, 2.24) is 5.32 Å². The Labute approximate surface area is 233 Å². The first kappa shape index (κ1) is 29.8. The van der Waals surface area contributed by atoms with Crippen LogP contribution in [0.1, 0.15) is 57.2 Å². The highest BCUT2D eigenvalue weighted by Crippen LogP contribution is 2.47. The second kappa shape index (κ2) is 12.9. The van der Waals surface area contributed by atoms with Crippen molar-refractivity contribution >= 4 is 22.9 Å². The molecular weight excluding hydrogens is 510 g/mol. The van der Waals surface area contributed by atoms with Crippen LogP contribution in [0.4, 0.5) is 4.79 Å². The van der Waals surface area contributed by atoms with Gasteiger partial charge < -0.3 is 9.47 Å². The monoisotopic (exact) mass is 547 g/mol. The fourth-order valence-electron chi connectivity index (χ4n) is 4.60. The molecule has 1 amide bonds. The normalized spacial score (nSPS) is 13.9. The van der Waals surface area contributed by atoms with E-state index in [1.54, 1.807) is 20.8 Å². The molecule has 0 heterocycles. The quantitative estimate of drug-likeness (QED) is 0.169. The van der Waals surface area contributed by atoms with Gasteiger partial charge >= 0.3 is 12.1 Å². The Hall–Kier alpha value is -3.71. The van der Waals surface area contributed by atoms with Crippen molar-refractivity contribution in [3.63, 3.8) is 0 Å². The summed E-state index contributed by atoms with van der Waals surface area (Å²) in [6.45, 7) is 10.6. The van der Waals surface area contributed by atoms with Gasteiger partial charge in [-0.3, -0.25) is 9.53 Å². The van der Waals surface area contributed by atoms with Crippen LogP contribution < -0.4 is 5.32 Å². The fraction of sp³-hybridized carbons (Fsp3) is 0.312. The zero-order valence-electron chi connectivity index (χ0n) is 23.0. The second-order valence-electron chi connectivity index (χ2n) is 10.1. The molecule has 0 fully saturated rings.